The molecular formula is C11H14O. The Kier molecular flexibility index (Phi) is 2.92. The summed E-state index contributed by atoms with van der Waals surface area (Å²) in [6.07, 6.45) is 3.11. The van der Waals surface area contributed by atoms with E-state index < -0.39 is 0 Å². The van der Waals surface area contributed by atoms with Gasteiger partial charge in [-0.25, -0.2) is 0 Å². The zero-order chi connectivity index (χ0) is 8.97. The lowest BCUT2D eigenvalue weighted by atomic mass is 10.1. The Balaban J connectivity index is 3.02. The summed E-state index contributed by atoms with van der Waals surface area (Å²) in [6.45, 7) is 4.10. The lowest BCUT2D eigenvalue weighted by molar-refractivity contribution is 0.473. The van der Waals surface area contributed by atoms with E-state index in [-0.39, 0.29) is 0 Å². The van der Waals surface area contributed by atoms with Crippen molar-refractivity contribution >= 4 is 5.57 Å². The number of hydrogen-bond donors (Lipinski definition) is 1. The van der Waals surface area contributed by atoms with Crippen LogP contribution in [0.25, 0.3) is 5.57 Å². The van der Waals surface area contributed by atoms with Crippen LogP contribution in [0.1, 0.15) is 25.8 Å². The van der Waals surface area contributed by atoms with Gasteiger partial charge in [-0.1, -0.05) is 31.2 Å². The van der Waals surface area contributed by atoms with Crippen molar-refractivity contribution in [3.05, 3.63) is 35.9 Å². The first-order chi connectivity index (χ1) is 5.75. The number of rotatable bonds is 2. The normalized spacial score (nSPS) is 11.7. The molecule has 0 aliphatic carbocycles. The minimum absolute atomic E-state index is 0.361. The molecule has 0 aliphatic rings. The smallest absolute Gasteiger partial charge is 0.123 e. The molecule has 0 atom stereocenters. The van der Waals surface area contributed by atoms with Crippen molar-refractivity contribution in [2.45, 2.75) is 20.3 Å². The molecule has 0 saturated heterocycles. The predicted octanol–water partition coefficient (Wildman–Crippen LogP) is 3.21. The average Bonchev–Trinajstić information content (AvgIpc) is 2.05. The highest BCUT2D eigenvalue weighted by Crippen LogP contribution is 2.23. The summed E-state index contributed by atoms with van der Waals surface area (Å²) >= 11 is 0. The van der Waals surface area contributed by atoms with Crippen molar-refractivity contribution in [1.82, 2.24) is 0 Å². The quantitative estimate of drug-likeness (QED) is 0.708. The first-order valence-electron chi connectivity index (χ1n) is 4.20. The summed E-state index contributed by atoms with van der Waals surface area (Å²) < 4.78 is 0. The highest BCUT2D eigenvalue weighted by atomic mass is 16.3. The first-order valence-corrected chi connectivity index (χ1v) is 4.20. The molecule has 0 amide bonds. The van der Waals surface area contributed by atoms with Crippen LogP contribution in [-0.4, -0.2) is 5.11 Å². The molecule has 12 heavy (non-hydrogen) atoms. The van der Waals surface area contributed by atoms with Crippen LogP contribution in [0.2, 0.25) is 0 Å². The molecule has 0 unspecified atom stereocenters. The van der Waals surface area contributed by atoms with E-state index in [1.807, 2.05) is 25.1 Å². The van der Waals surface area contributed by atoms with Gasteiger partial charge in [-0.15, -0.1) is 0 Å². The molecule has 1 aromatic rings. The van der Waals surface area contributed by atoms with E-state index in [9.17, 15) is 5.11 Å². The summed E-state index contributed by atoms with van der Waals surface area (Å²) in [5.41, 5.74) is 2.06. The third-order valence-corrected chi connectivity index (χ3v) is 1.84. The Morgan fingerprint density at radius 1 is 1.42 bits per heavy atom. The molecular weight excluding hydrogens is 148 g/mol. The lowest BCUT2D eigenvalue weighted by Crippen LogP contribution is -1.79. The molecule has 1 aromatic carbocycles. The molecule has 0 radical (unpaired) electrons. The van der Waals surface area contributed by atoms with Crippen LogP contribution in [0, 0.1) is 0 Å². The maximum atomic E-state index is 9.47. The summed E-state index contributed by atoms with van der Waals surface area (Å²) in [5, 5.41) is 9.47. The van der Waals surface area contributed by atoms with Crippen molar-refractivity contribution in [2.24, 2.45) is 0 Å². The lowest BCUT2D eigenvalue weighted by Gasteiger charge is -2.03. The van der Waals surface area contributed by atoms with Gasteiger partial charge in [0.1, 0.15) is 5.75 Å². The second kappa shape index (κ2) is 3.96. The van der Waals surface area contributed by atoms with E-state index in [4.69, 9.17) is 0 Å². The molecule has 1 N–H and O–H groups in total. The van der Waals surface area contributed by atoms with Crippen LogP contribution in [0.4, 0.5) is 0 Å². The van der Waals surface area contributed by atoms with Crippen LogP contribution < -0.4 is 0 Å². The molecule has 64 valence electrons. The molecule has 0 saturated carbocycles. The standard InChI is InChI=1S/C11H14O/c1-3-6-9(2)10-7-4-5-8-11(10)12/h4-8,12H,3H2,1-2H3/b9-6+. The molecule has 0 fully saturated rings. The Morgan fingerprint density at radius 2 is 2.08 bits per heavy atom. The fourth-order valence-corrected chi connectivity index (χ4v) is 1.22. The molecule has 1 rings (SSSR count). The number of hydrogen-bond acceptors (Lipinski definition) is 1. The van der Waals surface area contributed by atoms with Gasteiger partial charge >= 0.3 is 0 Å². The number of aromatic hydroxyl groups is 1. The van der Waals surface area contributed by atoms with Crippen LogP contribution in [0.3, 0.4) is 0 Å². The third-order valence-electron chi connectivity index (χ3n) is 1.84. The first kappa shape index (κ1) is 8.85. The van der Waals surface area contributed by atoms with E-state index in [0.29, 0.717) is 5.75 Å². The summed E-state index contributed by atoms with van der Waals surface area (Å²) in [5.74, 6) is 0.361. The van der Waals surface area contributed by atoms with Crippen molar-refractivity contribution in [1.29, 1.82) is 0 Å². The monoisotopic (exact) mass is 162 g/mol. The SMILES string of the molecule is CC/C=C(\C)c1ccccc1O. The maximum absolute atomic E-state index is 9.47. The van der Waals surface area contributed by atoms with E-state index in [1.54, 1.807) is 6.07 Å². The van der Waals surface area contributed by atoms with E-state index in [1.165, 1.54) is 0 Å². The Labute approximate surface area is 73.4 Å². The number of allylic oxidation sites excluding steroid dienone is 2. The maximum Gasteiger partial charge on any atom is 0.123 e. The van der Waals surface area contributed by atoms with Gasteiger partial charge in [-0.3, -0.25) is 0 Å². The van der Waals surface area contributed by atoms with Gasteiger partial charge in [0.05, 0.1) is 0 Å². The zero-order valence-electron chi connectivity index (χ0n) is 7.54. The van der Waals surface area contributed by atoms with E-state index >= 15 is 0 Å². The van der Waals surface area contributed by atoms with Gasteiger partial charge in [0.25, 0.3) is 0 Å². The molecule has 0 aromatic heterocycles. The third kappa shape index (κ3) is 1.88. The predicted molar refractivity (Wildman–Crippen MR) is 52.0 cm³/mol. The summed E-state index contributed by atoms with van der Waals surface area (Å²) in [6, 6.07) is 7.40. The minimum atomic E-state index is 0.361. The van der Waals surface area contributed by atoms with Gasteiger partial charge in [0, 0.05) is 5.56 Å². The zero-order valence-corrected chi connectivity index (χ0v) is 7.54. The fraction of sp³-hybridized carbons (Fsp3) is 0.273. The number of benzene rings is 1. The van der Waals surface area contributed by atoms with Crippen LogP contribution in [0.15, 0.2) is 30.3 Å². The molecule has 0 aliphatic heterocycles. The summed E-state index contributed by atoms with van der Waals surface area (Å²) in [7, 11) is 0. The van der Waals surface area contributed by atoms with Crippen molar-refractivity contribution < 1.29 is 5.11 Å². The van der Waals surface area contributed by atoms with Gasteiger partial charge in [-0.2, -0.15) is 0 Å². The average molecular weight is 162 g/mol. The number of phenols is 1. The highest BCUT2D eigenvalue weighted by Gasteiger charge is 1.99. The Bertz CT molecular complexity index is 287. The molecule has 1 nitrogen and oxygen atoms in total. The Morgan fingerprint density at radius 3 is 2.67 bits per heavy atom. The van der Waals surface area contributed by atoms with Crippen molar-refractivity contribution in [3.8, 4) is 5.75 Å². The minimum Gasteiger partial charge on any atom is -0.507 e. The highest BCUT2D eigenvalue weighted by molar-refractivity contribution is 5.68. The largest absolute Gasteiger partial charge is 0.507 e. The van der Waals surface area contributed by atoms with Crippen LogP contribution in [-0.2, 0) is 0 Å². The number of para-hydroxylation sites is 1. The molecule has 0 heterocycles. The molecule has 1 heteroatoms. The van der Waals surface area contributed by atoms with Crippen molar-refractivity contribution in [2.75, 3.05) is 0 Å². The van der Waals surface area contributed by atoms with Crippen LogP contribution >= 0.6 is 0 Å². The fourth-order valence-electron chi connectivity index (χ4n) is 1.22. The number of phenolic OH excluding ortho intramolecular Hbond substituents is 1. The Hall–Kier alpha value is -1.24. The van der Waals surface area contributed by atoms with Crippen molar-refractivity contribution in [3.63, 3.8) is 0 Å². The molecule has 0 spiro atoms. The van der Waals surface area contributed by atoms with Crippen LogP contribution in [0.5, 0.6) is 5.75 Å². The summed E-state index contributed by atoms with van der Waals surface area (Å²) in [4.78, 5) is 0. The van der Waals surface area contributed by atoms with Gasteiger partial charge in [-0.05, 0) is 25.0 Å². The van der Waals surface area contributed by atoms with Gasteiger partial charge in [0.2, 0.25) is 0 Å². The second-order valence-corrected chi connectivity index (χ2v) is 2.81. The molecule has 0 bridgehead atoms. The van der Waals surface area contributed by atoms with Gasteiger partial charge in [0.15, 0.2) is 0 Å². The topological polar surface area (TPSA) is 20.2 Å². The van der Waals surface area contributed by atoms with Gasteiger partial charge < -0.3 is 5.11 Å². The van der Waals surface area contributed by atoms with E-state index in [2.05, 4.69) is 13.0 Å². The second-order valence-electron chi connectivity index (χ2n) is 2.81. The van der Waals surface area contributed by atoms with E-state index in [0.717, 1.165) is 17.6 Å².